The number of anilines is 1. The van der Waals surface area contributed by atoms with Gasteiger partial charge in [-0.2, -0.15) is 0 Å². The number of aryl methyl sites for hydroxylation is 2. The van der Waals surface area contributed by atoms with Crippen molar-refractivity contribution in [2.45, 2.75) is 26.7 Å². The number of nitrogens with one attached hydrogen (secondary N) is 1. The number of carbonyl (C=O) groups excluding carboxylic acids is 1. The fourth-order valence-electron chi connectivity index (χ4n) is 1.53. The molecular formula is C12H19ClN2O. The van der Waals surface area contributed by atoms with Gasteiger partial charge in [0, 0.05) is 12.1 Å². The largest absolute Gasteiger partial charge is 0.330 e. The van der Waals surface area contributed by atoms with Gasteiger partial charge in [0.1, 0.15) is 0 Å². The molecule has 0 unspecified atom stereocenters. The summed E-state index contributed by atoms with van der Waals surface area (Å²) < 4.78 is 0. The standard InChI is InChI=1S/C12H18N2O.ClH/c1-9-6-10(2)8-11(7-9)14-12(15)4-3-5-13;/h6-8H,3-5,13H2,1-2H3,(H,14,15);1H. The van der Waals surface area contributed by atoms with Crippen LogP contribution in [0, 0.1) is 13.8 Å². The van der Waals surface area contributed by atoms with Crippen LogP contribution in [0.5, 0.6) is 0 Å². The lowest BCUT2D eigenvalue weighted by Crippen LogP contribution is -2.13. The molecule has 3 nitrogen and oxygen atoms in total. The fraction of sp³-hybridized carbons (Fsp3) is 0.417. The Hall–Kier alpha value is -1.06. The molecule has 3 N–H and O–H groups in total. The second-order valence-corrected chi connectivity index (χ2v) is 3.82. The van der Waals surface area contributed by atoms with Gasteiger partial charge in [-0.25, -0.2) is 0 Å². The maximum atomic E-state index is 11.4. The van der Waals surface area contributed by atoms with Crippen molar-refractivity contribution in [3.05, 3.63) is 29.3 Å². The minimum atomic E-state index is 0. The van der Waals surface area contributed by atoms with Crippen molar-refractivity contribution in [1.29, 1.82) is 0 Å². The van der Waals surface area contributed by atoms with Crippen LogP contribution < -0.4 is 11.1 Å². The van der Waals surface area contributed by atoms with Gasteiger partial charge in [-0.05, 0) is 50.1 Å². The summed E-state index contributed by atoms with van der Waals surface area (Å²) in [7, 11) is 0. The second-order valence-electron chi connectivity index (χ2n) is 3.82. The average Bonchev–Trinajstić information content (AvgIpc) is 2.13. The lowest BCUT2D eigenvalue weighted by atomic mass is 10.1. The first-order chi connectivity index (χ1) is 7.11. The molecule has 0 aliphatic rings. The Labute approximate surface area is 103 Å². The summed E-state index contributed by atoms with van der Waals surface area (Å²) >= 11 is 0. The molecule has 0 atom stereocenters. The second kappa shape index (κ2) is 7.25. The van der Waals surface area contributed by atoms with Crippen LogP contribution >= 0.6 is 12.4 Å². The molecule has 16 heavy (non-hydrogen) atoms. The van der Waals surface area contributed by atoms with E-state index in [0.717, 1.165) is 23.2 Å². The summed E-state index contributed by atoms with van der Waals surface area (Å²) in [6.45, 7) is 4.59. The van der Waals surface area contributed by atoms with E-state index in [4.69, 9.17) is 5.73 Å². The SMILES string of the molecule is Cc1cc(C)cc(NC(=O)CCCN)c1.Cl. The summed E-state index contributed by atoms with van der Waals surface area (Å²) in [5, 5.41) is 2.86. The Morgan fingerprint density at radius 1 is 1.25 bits per heavy atom. The van der Waals surface area contributed by atoms with E-state index >= 15 is 0 Å². The van der Waals surface area contributed by atoms with Crippen molar-refractivity contribution in [1.82, 2.24) is 0 Å². The first-order valence-electron chi connectivity index (χ1n) is 5.20. The van der Waals surface area contributed by atoms with E-state index in [1.165, 1.54) is 0 Å². The number of hydrogen-bond donors (Lipinski definition) is 2. The molecule has 0 saturated carbocycles. The topological polar surface area (TPSA) is 55.1 Å². The van der Waals surface area contributed by atoms with Gasteiger partial charge in [-0.15, -0.1) is 12.4 Å². The number of benzene rings is 1. The van der Waals surface area contributed by atoms with Crippen LogP contribution in [0.3, 0.4) is 0 Å². The third-order valence-corrected chi connectivity index (χ3v) is 2.11. The van der Waals surface area contributed by atoms with Gasteiger partial charge >= 0.3 is 0 Å². The van der Waals surface area contributed by atoms with Crippen molar-refractivity contribution in [2.24, 2.45) is 5.73 Å². The smallest absolute Gasteiger partial charge is 0.224 e. The van der Waals surface area contributed by atoms with Crippen molar-refractivity contribution < 1.29 is 4.79 Å². The van der Waals surface area contributed by atoms with Crippen LogP contribution in [0.1, 0.15) is 24.0 Å². The third-order valence-electron chi connectivity index (χ3n) is 2.11. The van der Waals surface area contributed by atoms with Gasteiger partial charge in [-0.1, -0.05) is 6.07 Å². The Morgan fingerprint density at radius 2 is 1.81 bits per heavy atom. The Morgan fingerprint density at radius 3 is 2.31 bits per heavy atom. The zero-order chi connectivity index (χ0) is 11.3. The molecule has 0 radical (unpaired) electrons. The molecule has 0 aliphatic carbocycles. The highest BCUT2D eigenvalue weighted by atomic mass is 35.5. The molecule has 0 bridgehead atoms. The van der Waals surface area contributed by atoms with E-state index in [1.807, 2.05) is 26.0 Å². The molecule has 0 saturated heterocycles. The first kappa shape index (κ1) is 14.9. The molecule has 0 aliphatic heterocycles. The summed E-state index contributed by atoms with van der Waals surface area (Å²) in [5.41, 5.74) is 8.52. The Balaban J connectivity index is 0.00000225. The maximum Gasteiger partial charge on any atom is 0.224 e. The molecule has 0 heterocycles. The maximum absolute atomic E-state index is 11.4. The molecule has 1 aromatic carbocycles. The monoisotopic (exact) mass is 242 g/mol. The van der Waals surface area contributed by atoms with Crippen LogP contribution in [0.25, 0.3) is 0 Å². The van der Waals surface area contributed by atoms with Crippen molar-refractivity contribution in [3.8, 4) is 0 Å². The van der Waals surface area contributed by atoms with Crippen LogP contribution in [0.15, 0.2) is 18.2 Å². The zero-order valence-corrected chi connectivity index (χ0v) is 10.6. The summed E-state index contributed by atoms with van der Waals surface area (Å²) in [4.78, 5) is 11.4. The van der Waals surface area contributed by atoms with Gasteiger partial charge in [0.15, 0.2) is 0 Å². The summed E-state index contributed by atoms with van der Waals surface area (Å²) in [6.07, 6.45) is 1.22. The van der Waals surface area contributed by atoms with E-state index in [1.54, 1.807) is 0 Å². The van der Waals surface area contributed by atoms with Gasteiger partial charge in [0.05, 0.1) is 0 Å². The van der Waals surface area contributed by atoms with Crippen molar-refractivity contribution in [3.63, 3.8) is 0 Å². The van der Waals surface area contributed by atoms with E-state index in [2.05, 4.69) is 11.4 Å². The third kappa shape index (κ3) is 5.14. The highest BCUT2D eigenvalue weighted by Gasteiger charge is 2.02. The minimum absolute atomic E-state index is 0. The number of halogens is 1. The number of amides is 1. The van der Waals surface area contributed by atoms with Gasteiger partial charge in [0.2, 0.25) is 5.91 Å². The van der Waals surface area contributed by atoms with Gasteiger partial charge < -0.3 is 11.1 Å². The van der Waals surface area contributed by atoms with Crippen LogP contribution in [0.4, 0.5) is 5.69 Å². The van der Waals surface area contributed by atoms with Crippen molar-refractivity contribution in [2.75, 3.05) is 11.9 Å². The lowest BCUT2D eigenvalue weighted by molar-refractivity contribution is -0.116. The summed E-state index contributed by atoms with van der Waals surface area (Å²) in [5.74, 6) is 0.0328. The zero-order valence-electron chi connectivity index (χ0n) is 9.75. The molecule has 1 rings (SSSR count). The quantitative estimate of drug-likeness (QED) is 0.852. The average molecular weight is 243 g/mol. The number of rotatable bonds is 4. The molecule has 4 heteroatoms. The van der Waals surface area contributed by atoms with E-state index in [9.17, 15) is 4.79 Å². The fourth-order valence-corrected chi connectivity index (χ4v) is 1.53. The normalized spacial score (nSPS) is 9.44. The predicted molar refractivity (Wildman–Crippen MR) is 70.1 cm³/mol. The van der Waals surface area contributed by atoms with Crippen LogP contribution in [0.2, 0.25) is 0 Å². The molecule has 0 fully saturated rings. The first-order valence-corrected chi connectivity index (χ1v) is 5.20. The highest BCUT2D eigenvalue weighted by molar-refractivity contribution is 5.90. The molecule has 0 aromatic heterocycles. The van der Waals surface area contributed by atoms with Gasteiger partial charge in [0.25, 0.3) is 0 Å². The van der Waals surface area contributed by atoms with Crippen LogP contribution in [-0.4, -0.2) is 12.5 Å². The van der Waals surface area contributed by atoms with E-state index in [-0.39, 0.29) is 18.3 Å². The van der Waals surface area contributed by atoms with E-state index in [0.29, 0.717) is 13.0 Å². The molecule has 0 spiro atoms. The number of hydrogen-bond acceptors (Lipinski definition) is 2. The van der Waals surface area contributed by atoms with Gasteiger partial charge in [-0.3, -0.25) is 4.79 Å². The minimum Gasteiger partial charge on any atom is -0.330 e. The van der Waals surface area contributed by atoms with Crippen molar-refractivity contribution >= 4 is 24.0 Å². The summed E-state index contributed by atoms with van der Waals surface area (Å²) in [6, 6.07) is 6.01. The molecule has 1 amide bonds. The molecule has 1 aromatic rings. The highest BCUT2D eigenvalue weighted by Crippen LogP contribution is 2.13. The lowest BCUT2D eigenvalue weighted by Gasteiger charge is -2.06. The number of carbonyl (C=O) groups is 1. The van der Waals surface area contributed by atoms with E-state index < -0.39 is 0 Å². The predicted octanol–water partition coefficient (Wildman–Crippen LogP) is 2.40. The Kier molecular flexibility index (Phi) is 6.77. The van der Waals surface area contributed by atoms with Crippen LogP contribution in [-0.2, 0) is 4.79 Å². The Bertz CT molecular complexity index is 333. The molecular weight excluding hydrogens is 224 g/mol. The number of nitrogens with two attached hydrogens (primary N) is 1. The molecule has 90 valence electrons.